The SMILES string of the molecule is COc1ccc(S(=O)(=O)N2CCOCC2)cc1NC(=O)CN(c1cccc(F)c1)S(=O)(=O)c1ccc2c(c1)OCCO2. The lowest BCUT2D eigenvalue weighted by Gasteiger charge is -2.26. The van der Waals surface area contributed by atoms with Gasteiger partial charge in [0.15, 0.2) is 11.5 Å². The highest BCUT2D eigenvalue weighted by Crippen LogP contribution is 2.35. The van der Waals surface area contributed by atoms with Crippen molar-refractivity contribution in [1.29, 1.82) is 0 Å². The maximum absolute atomic E-state index is 14.2. The predicted octanol–water partition coefficient (Wildman–Crippen LogP) is 2.46. The molecule has 0 spiro atoms. The van der Waals surface area contributed by atoms with Gasteiger partial charge in [-0.2, -0.15) is 4.31 Å². The molecule has 0 bridgehead atoms. The van der Waals surface area contributed by atoms with E-state index < -0.39 is 38.3 Å². The molecule has 0 aliphatic carbocycles. The predicted molar refractivity (Wildman–Crippen MR) is 150 cm³/mol. The van der Waals surface area contributed by atoms with Gasteiger partial charge in [0.1, 0.15) is 31.3 Å². The van der Waals surface area contributed by atoms with Crippen molar-refractivity contribution in [3.8, 4) is 17.2 Å². The smallest absolute Gasteiger partial charge is 0.264 e. The number of carbonyl (C=O) groups is 1. The lowest BCUT2D eigenvalue weighted by molar-refractivity contribution is -0.114. The zero-order valence-corrected chi connectivity index (χ0v) is 24.1. The van der Waals surface area contributed by atoms with Crippen molar-refractivity contribution in [2.45, 2.75) is 9.79 Å². The molecule has 0 unspecified atom stereocenters. The Labute approximate surface area is 242 Å². The molecular weight excluding hydrogens is 593 g/mol. The summed E-state index contributed by atoms with van der Waals surface area (Å²) >= 11 is 0. The van der Waals surface area contributed by atoms with Crippen LogP contribution in [0.15, 0.2) is 70.5 Å². The topological polar surface area (TPSA) is 141 Å². The Morgan fingerprint density at radius 1 is 0.929 bits per heavy atom. The molecule has 15 heteroatoms. The summed E-state index contributed by atoms with van der Waals surface area (Å²) in [6.45, 7) is 0.637. The third-order valence-electron chi connectivity index (χ3n) is 6.54. The first-order valence-electron chi connectivity index (χ1n) is 12.8. The minimum atomic E-state index is -4.43. The monoisotopic (exact) mass is 621 g/mol. The normalized spacial score (nSPS) is 15.6. The van der Waals surface area contributed by atoms with E-state index in [0.717, 1.165) is 16.4 Å². The summed E-state index contributed by atoms with van der Waals surface area (Å²) < 4.78 is 91.7. The van der Waals surface area contributed by atoms with Crippen molar-refractivity contribution in [3.63, 3.8) is 0 Å². The molecule has 1 N–H and O–H groups in total. The van der Waals surface area contributed by atoms with Gasteiger partial charge in [-0.1, -0.05) is 6.07 Å². The molecule has 1 amide bonds. The second-order valence-corrected chi connectivity index (χ2v) is 13.0. The summed E-state index contributed by atoms with van der Waals surface area (Å²) in [5, 5.41) is 2.55. The van der Waals surface area contributed by atoms with Crippen molar-refractivity contribution in [2.24, 2.45) is 0 Å². The highest BCUT2D eigenvalue weighted by molar-refractivity contribution is 7.92. The van der Waals surface area contributed by atoms with E-state index in [4.69, 9.17) is 18.9 Å². The Morgan fingerprint density at radius 3 is 2.36 bits per heavy atom. The molecule has 1 fully saturated rings. The summed E-state index contributed by atoms with van der Waals surface area (Å²) in [7, 11) is -7.00. The molecule has 12 nitrogen and oxygen atoms in total. The van der Waals surface area contributed by atoms with Gasteiger partial charge in [-0.3, -0.25) is 9.10 Å². The molecule has 5 rings (SSSR count). The molecule has 0 atom stereocenters. The first kappa shape index (κ1) is 29.6. The van der Waals surface area contributed by atoms with Gasteiger partial charge in [0, 0.05) is 19.2 Å². The van der Waals surface area contributed by atoms with Crippen LogP contribution in [0.1, 0.15) is 0 Å². The Morgan fingerprint density at radius 2 is 1.64 bits per heavy atom. The number of ether oxygens (including phenoxy) is 4. The molecule has 3 aromatic carbocycles. The number of carbonyl (C=O) groups excluding carboxylic acids is 1. The van der Waals surface area contributed by atoms with Crippen molar-refractivity contribution in [3.05, 3.63) is 66.5 Å². The Kier molecular flexibility index (Phi) is 8.54. The average molecular weight is 622 g/mol. The van der Waals surface area contributed by atoms with E-state index >= 15 is 0 Å². The van der Waals surface area contributed by atoms with Crippen LogP contribution >= 0.6 is 0 Å². The number of hydrogen-bond donors (Lipinski definition) is 1. The van der Waals surface area contributed by atoms with Gasteiger partial charge < -0.3 is 24.3 Å². The minimum Gasteiger partial charge on any atom is -0.495 e. The van der Waals surface area contributed by atoms with Gasteiger partial charge >= 0.3 is 0 Å². The largest absolute Gasteiger partial charge is 0.495 e. The lowest BCUT2D eigenvalue weighted by Crippen LogP contribution is -2.40. The molecule has 2 aliphatic heterocycles. The van der Waals surface area contributed by atoms with Gasteiger partial charge in [-0.25, -0.2) is 21.2 Å². The van der Waals surface area contributed by atoms with Crippen LogP contribution in [0.3, 0.4) is 0 Å². The molecule has 0 aromatic heterocycles. The van der Waals surface area contributed by atoms with Gasteiger partial charge in [0.25, 0.3) is 10.0 Å². The number of nitrogens with zero attached hydrogens (tertiary/aromatic N) is 2. The molecule has 0 saturated carbocycles. The maximum Gasteiger partial charge on any atom is 0.264 e. The molecule has 3 aromatic rings. The second kappa shape index (κ2) is 12.1. The number of sulfonamides is 2. The van der Waals surface area contributed by atoms with Crippen LogP contribution in [0.2, 0.25) is 0 Å². The number of methoxy groups -OCH3 is 1. The number of anilines is 2. The third kappa shape index (κ3) is 6.13. The Balaban J connectivity index is 1.45. The fraction of sp³-hybridized carbons (Fsp3) is 0.296. The number of halogens is 1. The summed E-state index contributed by atoms with van der Waals surface area (Å²) in [6.07, 6.45) is 0. The van der Waals surface area contributed by atoms with E-state index in [9.17, 15) is 26.0 Å². The second-order valence-electron chi connectivity index (χ2n) is 9.22. The summed E-state index contributed by atoms with van der Waals surface area (Å²) in [6, 6.07) is 12.8. The van der Waals surface area contributed by atoms with Crippen LogP contribution in [0.5, 0.6) is 17.2 Å². The molecular formula is C27H28FN3O9S2. The number of rotatable bonds is 9. The quantitative estimate of drug-likeness (QED) is 0.382. The third-order valence-corrected chi connectivity index (χ3v) is 10.2. The first-order valence-corrected chi connectivity index (χ1v) is 15.7. The van der Waals surface area contributed by atoms with Gasteiger partial charge in [-0.15, -0.1) is 0 Å². The zero-order valence-electron chi connectivity index (χ0n) is 22.5. The summed E-state index contributed by atoms with van der Waals surface area (Å²) in [5.74, 6) is -0.808. The number of morpholine rings is 1. The standard InChI is InChI=1S/C27H28FN3O9S2/c1-37-24-7-5-21(41(33,34)30-9-11-38-12-10-30)16-23(24)29-27(32)18-31(20-4-2-3-19(28)15-20)42(35,36)22-6-8-25-26(17-22)40-14-13-39-25/h2-8,15-17H,9-14,18H2,1H3,(H,29,32). The van der Waals surface area contributed by atoms with E-state index in [1.807, 2.05) is 0 Å². The maximum atomic E-state index is 14.2. The fourth-order valence-corrected chi connectivity index (χ4v) is 7.32. The first-order chi connectivity index (χ1) is 20.1. The van der Waals surface area contributed by atoms with Crippen LogP contribution in [0.4, 0.5) is 15.8 Å². The minimum absolute atomic E-state index is 0.00718. The van der Waals surface area contributed by atoms with E-state index in [-0.39, 0.29) is 65.6 Å². The molecule has 2 heterocycles. The number of amides is 1. The fourth-order valence-electron chi connectivity index (χ4n) is 4.46. The van der Waals surface area contributed by atoms with Gasteiger partial charge in [-0.05, 0) is 48.5 Å². The van der Waals surface area contributed by atoms with Crippen LogP contribution in [0.25, 0.3) is 0 Å². The van der Waals surface area contributed by atoms with Crippen LogP contribution < -0.4 is 23.8 Å². The molecule has 1 saturated heterocycles. The molecule has 2 aliphatic rings. The van der Waals surface area contributed by atoms with Crippen molar-refractivity contribution in [1.82, 2.24) is 4.31 Å². The average Bonchev–Trinajstić information content (AvgIpc) is 3.00. The van der Waals surface area contributed by atoms with E-state index in [2.05, 4.69) is 5.32 Å². The Hall–Kier alpha value is -3.92. The number of fused-ring (bicyclic) bond motifs is 1. The molecule has 0 radical (unpaired) electrons. The van der Waals surface area contributed by atoms with Crippen molar-refractivity contribution >= 4 is 37.3 Å². The lowest BCUT2D eigenvalue weighted by atomic mass is 10.3. The van der Waals surface area contributed by atoms with Gasteiger partial charge in [0.2, 0.25) is 15.9 Å². The number of nitrogens with one attached hydrogen (secondary N) is 1. The molecule has 224 valence electrons. The van der Waals surface area contributed by atoms with E-state index in [1.165, 1.54) is 59.9 Å². The number of benzene rings is 3. The van der Waals surface area contributed by atoms with Crippen LogP contribution in [-0.4, -0.2) is 80.2 Å². The molecule has 42 heavy (non-hydrogen) atoms. The van der Waals surface area contributed by atoms with Crippen molar-refractivity contribution < 1.29 is 45.0 Å². The highest BCUT2D eigenvalue weighted by atomic mass is 32.2. The van der Waals surface area contributed by atoms with Crippen LogP contribution in [0, 0.1) is 5.82 Å². The van der Waals surface area contributed by atoms with Gasteiger partial charge in [0.05, 0.1) is 41.5 Å². The van der Waals surface area contributed by atoms with E-state index in [0.29, 0.717) is 12.4 Å². The summed E-state index contributed by atoms with van der Waals surface area (Å²) in [5.41, 5.74) is -0.0941. The van der Waals surface area contributed by atoms with Crippen LogP contribution in [-0.2, 0) is 29.6 Å². The van der Waals surface area contributed by atoms with Crippen molar-refractivity contribution in [2.75, 3.05) is 62.8 Å². The zero-order chi connectivity index (χ0) is 29.9. The van der Waals surface area contributed by atoms with E-state index in [1.54, 1.807) is 0 Å². The summed E-state index contributed by atoms with van der Waals surface area (Å²) in [4.78, 5) is 13.0. The Bertz CT molecular complexity index is 1690. The highest BCUT2D eigenvalue weighted by Gasteiger charge is 2.31. The number of hydrogen-bond acceptors (Lipinski definition) is 9.